The van der Waals surface area contributed by atoms with E-state index in [0.717, 1.165) is 0 Å². The molecule has 0 unspecified atom stereocenters. The van der Waals surface area contributed by atoms with E-state index in [1.807, 2.05) is 0 Å². The van der Waals surface area contributed by atoms with Crippen LogP contribution < -0.4 is 0 Å². The van der Waals surface area contributed by atoms with E-state index in [9.17, 15) is 13.2 Å². The van der Waals surface area contributed by atoms with Crippen LogP contribution in [0.1, 0.15) is 29.1 Å². The fraction of sp³-hybridized carbons (Fsp3) is 0.429. The van der Waals surface area contributed by atoms with Crippen molar-refractivity contribution in [3.8, 4) is 0 Å². The van der Waals surface area contributed by atoms with Gasteiger partial charge in [-0.25, -0.2) is 23.1 Å². The first-order valence-corrected chi connectivity index (χ1v) is 8.95. The number of rotatable bonds is 3. The molecule has 0 fully saturated rings. The first kappa shape index (κ1) is 15.6. The second-order valence-electron chi connectivity index (χ2n) is 5.28. The van der Waals surface area contributed by atoms with Crippen LogP contribution in [0.2, 0.25) is 0 Å². The van der Waals surface area contributed by atoms with Gasteiger partial charge in [0, 0.05) is 12.7 Å². The largest absolute Gasteiger partial charge is 0.328 e. The van der Waals surface area contributed by atoms with E-state index in [0.29, 0.717) is 31.3 Å². The molecular weight excluding hydrogens is 318 g/mol. The van der Waals surface area contributed by atoms with Crippen molar-refractivity contribution in [2.45, 2.75) is 31.8 Å². The normalized spacial score (nSPS) is 14.6. The third-order valence-corrected chi connectivity index (χ3v) is 5.50. The Morgan fingerprint density at radius 3 is 2.87 bits per heavy atom. The van der Waals surface area contributed by atoms with Gasteiger partial charge < -0.3 is 4.90 Å². The van der Waals surface area contributed by atoms with Crippen LogP contribution >= 0.6 is 0 Å². The van der Waals surface area contributed by atoms with E-state index in [1.165, 1.54) is 18.3 Å². The lowest BCUT2D eigenvalue weighted by Crippen LogP contribution is -2.39. The molecule has 8 nitrogen and oxygen atoms in total. The van der Waals surface area contributed by atoms with Crippen molar-refractivity contribution in [1.29, 1.82) is 0 Å². The molecule has 2 aromatic heterocycles. The number of hydrogen-bond donors (Lipinski definition) is 0. The zero-order valence-electron chi connectivity index (χ0n) is 12.9. The van der Waals surface area contributed by atoms with Gasteiger partial charge in [-0.2, -0.15) is 5.10 Å². The second-order valence-corrected chi connectivity index (χ2v) is 7.53. The van der Waals surface area contributed by atoms with Crippen molar-refractivity contribution < 1.29 is 13.2 Å². The number of aryl methyl sites for hydroxylation is 1. The molecule has 1 amide bonds. The molecule has 0 aromatic carbocycles. The van der Waals surface area contributed by atoms with Crippen molar-refractivity contribution in [2.75, 3.05) is 12.3 Å². The highest BCUT2D eigenvalue weighted by molar-refractivity contribution is 7.91. The number of fused-ring (bicyclic) bond motifs is 1. The SMILES string of the molecule is CCS(=O)(=O)c1cccnc1C(=O)N1CCn2nc(C)nc2C1. The van der Waals surface area contributed by atoms with Crippen LogP contribution in [0, 0.1) is 6.92 Å². The lowest BCUT2D eigenvalue weighted by atomic mass is 10.2. The monoisotopic (exact) mass is 335 g/mol. The molecule has 0 N–H and O–H groups in total. The summed E-state index contributed by atoms with van der Waals surface area (Å²) in [5, 5.41) is 4.24. The summed E-state index contributed by atoms with van der Waals surface area (Å²) in [4.78, 5) is 22.6. The van der Waals surface area contributed by atoms with Crippen molar-refractivity contribution in [2.24, 2.45) is 0 Å². The summed E-state index contributed by atoms with van der Waals surface area (Å²) < 4.78 is 26.1. The van der Waals surface area contributed by atoms with Crippen LogP contribution in [0.3, 0.4) is 0 Å². The number of carbonyl (C=O) groups is 1. The first-order valence-electron chi connectivity index (χ1n) is 7.29. The van der Waals surface area contributed by atoms with E-state index in [-0.39, 0.29) is 16.3 Å². The van der Waals surface area contributed by atoms with E-state index < -0.39 is 15.7 Å². The van der Waals surface area contributed by atoms with E-state index in [2.05, 4.69) is 15.1 Å². The average Bonchev–Trinajstić information content (AvgIpc) is 2.93. The quantitative estimate of drug-likeness (QED) is 0.807. The minimum absolute atomic E-state index is 0.0179. The highest BCUT2D eigenvalue weighted by Gasteiger charge is 2.29. The van der Waals surface area contributed by atoms with Crippen LogP contribution in [-0.2, 0) is 22.9 Å². The number of sulfone groups is 1. The Kier molecular flexibility index (Phi) is 3.88. The van der Waals surface area contributed by atoms with Gasteiger partial charge in [-0.15, -0.1) is 0 Å². The summed E-state index contributed by atoms with van der Waals surface area (Å²) in [7, 11) is -3.51. The second kappa shape index (κ2) is 5.73. The smallest absolute Gasteiger partial charge is 0.274 e. The zero-order chi connectivity index (χ0) is 16.6. The Hall–Kier alpha value is -2.29. The van der Waals surface area contributed by atoms with Crippen LogP contribution in [0.25, 0.3) is 0 Å². The molecule has 0 spiro atoms. The average molecular weight is 335 g/mol. The maximum atomic E-state index is 12.7. The highest BCUT2D eigenvalue weighted by atomic mass is 32.2. The number of amides is 1. The van der Waals surface area contributed by atoms with Gasteiger partial charge in [0.25, 0.3) is 5.91 Å². The summed E-state index contributed by atoms with van der Waals surface area (Å²) in [6.07, 6.45) is 1.43. The molecule has 0 atom stereocenters. The fourth-order valence-electron chi connectivity index (χ4n) is 2.54. The molecule has 1 aliphatic heterocycles. The van der Waals surface area contributed by atoms with Gasteiger partial charge in [0.05, 0.1) is 23.7 Å². The van der Waals surface area contributed by atoms with Crippen molar-refractivity contribution in [3.05, 3.63) is 35.7 Å². The number of nitrogens with zero attached hydrogens (tertiary/aromatic N) is 5. The van der Waals surface area contributed by atoms with Crippen molar-refractivity contribution in [3.63, 3.8) is 0 Å². The van der Waals surface area contributed by atoms with Gasteiger partial charge in [0.15, 0.2) is 9.84 Å². The van der Waals surface area contributed by atoms with Crippen LogP contribution in [0.15, 0.2) is 23.2 Å². The molecule has 3 rings (SSSR count). The third kappa shape index (κ3) is 2.83. The summed E-state index contributed by atoms with van der Waals surface area (Å²) in [5.41, 5.74) is -0.0287. The molecular formula is C14H17N5O3S. The zero-order valence-corrected chi connectivity index (χ0v) is 13.7. The Labute approximate surface area is 134 Å². The van der Waals surface area contributed by atoms with Gasteiger partial charge in [-0.05, 0) is 19.1 Å². The predicted octanol–water partition coefficient (Wildman–Crippen LogP) is 0.431. The molecule has 0 radical (unpaired) electrons. The predicted molar refractivity (Wildman–Crippen MR) is 81.5 cm³/mol. The van der Waals surface area contributed by atoms with Crippen molar-refractivity contribution in [1.82, 2.24) is 24.6 Å². The van der Waals surface area contributed by atoms with Gasteiger partial charge in [-0.3, -0.25) is 4.79 Å². The van der Waals surface area contributed by atoms with E-state index in [4.69, 9.17) is 0 Å². The molecule has 23 heavy (non-hydrogen) atoms. The number of hydrogen-bond acceptors (Lipinski definition) is 6. The molecule has 0 saturated heterocycles. The molecule has 3 heterocycles. The topological polar surface area (TPSA) is 98.0 Å². The standard InChI is InChI=1S/C14H17N5O3S/c1-3-23(21,22)11-5-4-6-15-13(11)14(20)18-7-8-19-12(9-18)16-10(2)17-19/h4-6H,3,7-9H2,1-2H3. The van der Waals surface area contributed by atoms with Crippen LogP contribution in [0.5, 0.6) is 0 Å². The summed E-state index contributed by atoms with van der Waals surface area (Å²) in [5.74, 6) is 0.871. The summed E-state index contributed by atoms with van der Waals surface area (Å²) in [6, 6.07) is 2.95. The Bertz CT molecular complexity index is 859. The van der Waals surface area contributed by atoms with Crippen LogP contribution in [0.4, 0.5) is 0 Å². The van der Waals surface area contributed by atoms with Crippen LogP contribution in [-0.4, -0.2) is 51.3 Å². The molecule has 1 aliphatic rings. The lowest BCUT2D eigenvalue weighted by Gasteiger charge is -2.26. The highest BCUT2D eigenvalue weighted by Crippen LogP contribution is 2.19. The van der Waals surface area contributed by atoms with E-state index in [1.54, 1.807) is 23.4 Å². The first-order chi connectivity index (χ1) is 10.9. The maximum absolute atomic E-state index is 12.7. The molecule has 0 aliphatic carbocycles. The Morgan fingerprint density at radius 1 is 1.35 bits per heavy atom. The Morgan fingerprint density at radius 2 is 2.13 bits per heavy atom. The van der Waals surface area contributed by atoms with Crippen molar-refractivity contribution >= 4 is 15.7 Å². The van der Waals surface area contributed by atoms with E-state index >= 15 is 0 Å². The van der Waals surface area contributed by atoms with Gasteiger partial charge in [0.2, 0.25) is 0 Å². The molecule has 0 saturated carbocycles. The molecule has 0 bridgehead atoms. The fourth-order valence-corrected chi connectivity index (χ4v) is 3.57. The minimum Gasteiger partial charge on any atom is -0.328 e. The lowest BCUT2D eigenvalue weighted by molar-refractivity contribution is 0.0692. The van der Waals surface area contributed by atoms with Gasteiger partial charge >= 0.3 is 0 Å². The van der Waals surface area contributed by atoms with Gasteiger partial charge in [-0.1, -0.05) is 6.92 Å². The molecule has 2 aromatic rings. The summed E-state index contributed by atoms with van der Waals surface area (Å²) >= 11 is 0. The number of pyridine rings is 1. The maximum Gasteiger partial charge on any atom is 0.274 e. The third-order valence-electron chi connectivity index (χ3n) is 3.74. The summed E-state index contributed by atoms with van der Waals surface area (Å²) in [6.45, 7) is 4.61. The molecule has 122 valence electrons. The number of carbonyl (C=O) groups excluding carboxylic acids is 1. The Balaban J connectivity index is 1.93. The minimum atomic E-state index is -3.51. The molecule has 9 heteroatoms. The van der Waals surface area contributed by atoms with Gasteiger partial charge in [0.1, 0.15) is 17.3 Å². The number of aromatic nitrogens is 4.